The average Bonchev–Trinajstić information content (AvgIpc) is 2.44. The highest BCUT2D eigenvalue weighted by Gasteiger charge is 2.12. The van der Waals surface area contributed by atoms with Crippen LogP contribution in [0.5, 0.6) is 0 Å². The van der Waals surface area contributed by atoms with Gasteiger partial charge in [0.15, 0.2) is 0 Å². The molecule has 0 N–H and O–H groups in total. The minimum Gasteiger partial charge on any atom is -0.340 e. The van der Waals surface area contributed by atoms with E-state index >= 15 is 0 Å². The van der Waals surface area contributed by atoms with Gasteiger partial charge in [0.05, 0.1) is 6.54 Å². The summed E-state index contributed by atoms with van der Waals surface area (Å²) in [6.07, 6.45) is 0. The second-order valence-electron chi connectivity index (χ2n) is 5.61. The van der Waals surface area contributed by atoms with Crippen molar-refractivity contribution in [1.82, 2.24) is 9.80 Å². The second kappa shape index (κ2) is 8.05. The Morgan fingerprint density at radius 2 is 1.65 bits per heavy atom. The van der Waals surface area contributed by atoms with Gasteiger partial charge in [0.1, 0.15) is 0 Å². The van der Waals surface area contributed by atoms with Crippen LogP contribution in [-0.2, 0) is 11.3 Å². The topological polar surface area (TPSA) is 23.6 Å². The quantitative estimate of drug-likeness (QED) is 0.764. The number of amides is 1. The molecule has 0 saturated heterocycles. The van der Waals surface area contributed by atoms with Crippen molar-refractivity contribution in [2.45, 2.75) is 40.2 Å². The molecule has 0 aromatic heterocycles. The maximum absolute atomic E-state index is 12.1. The Hall–Kier alpha value is -1.35. The fourth-order valence-electron chi connectivity index (χ4n) is 2.13. The summed E-state index contributed by atoms with van der Waals surface area (Å²) in [5.41, 5.74) is 2.52. The first-order chi connectivity index (χ1) is 9.47. The van der Waals surface area contributed by atoms with E-state index in [1.807, 2.05) is 11.9 Å². The van der Waals surface area contributed by atoms with E-state index in [4.69, 9.17) is 0 Å². The first kappa shape index (κ1) is 16.7. The van der Waals surface area contributed by atoms with E-state index < -0.39 is 0 Å². The summed E-state index contributed by atoms with van der Waals surface area (Å²) in [7, 11) is 1.88. The van der Waals surface area contributed by atoms with Crippen LogP contribution in [0, 0.1) is 0 Å². The Morgan fingerprint density at radius 1 is 1.10 bits per heavy atom. The van der Waals surface area contributed by atoms with Crippen LogP contribution in [0.3, 0.4) is 0 Å². The van der Waals surface area contributed by atoms with Gasteiger partial charge < -0.3 is 4.90 Å². The van der Waals surface area contributed by atoms with E-state index in [1.165, 1.54) is 11.1 Å². The van der Waals surface area contributed by atoms with E-state index in [0.717, 1.165) is 13.1 Å². The van der Waals surface area contributed by atoms with E-state index in [9.17, 15) is 4.79 Å². The summed E-state index contributed by atoms with van der Waals surface area (Å²) in [4.78, 5) is 16.1. The Balaban J connectivity index is 2.56. The molecule has 0 fully saturated rings. The third-order valence-corrected chi connectivity index (χ3v) is 3.75. The normalized spacial score (nSPS) is 11.2. The fraction of sp³-hybridized carbons (Fsp3) is 0.588. The van der Waals surface area contributed by atoms with Gasteiger partial charge in [-0.3, -0.25) is 9.69 Å². The molecule has 0 atom stereocenters. The summed E-state index contributed by atoms with van der Waals surface area (Å²) in [6, 6.07) is 8.55. The molecule has 0 radical (unpaired) electrons. The lowest BCUT2D eigenvalue weighted by Gasteiger charge is -2.23. The maximum atomic E-state index is 12.1. The predicted octanol–water partition coefficient (Wildman–Crippen LogP) is 3.11. The summed E-state index contributed by atoms with van der Waals surface area (Å²) >= 11 is 0. The molecule has 3 heteroatoms. The molecule has 3 nitrogen and oxygen atoms in total. The van der Waals surface area contributed by atoms with Gasteiger partial charge in [-0.15, -0.1) is 0 Å². The molecule has 1 aromatic rings. The largest absolute Gasteiger partial charge is 0.340 e. The van der Waals surface area contributed by atoms with E-state index in [1.54, 1.807) is 0 Å². The van der Waals surface area contributed by atoms with Gasteiger partial charge in [0.25, 0.3) is 0 Å². The predicted molar refractivity (Wildman–Crippen MR) is 84.8 cm³/mol. The first-order valence-corrected chi connectivity index (χ1v) is 7.53. The van der Waals surface area contributed by atoms with E-state index in [0.29, 0.717) is 19.0 Å². The third-order valence-electron chi connectivity index (χ3n) is 3.75. The number of rotatable bonds is 7. The van der Waals surface area contributed by atoms with Crippen LogP contribution >= 0.6 is 0 Å². The summed E-state index contributed by atoms with van der Waals surface area (Å²) in [5, 5.41) is 0. The fourth-order valence-corrected chi connectivity index (χ4v) is 2.13. The molecule has 1 rings (SSSR count). The number of nitrogens with zero attached hydrogens (tertiary/aromatic N) is 2. The Kier molecular flexibility index (Phi) is 6.73. The van der Waals surface area contributed by atoms with Crippen LogP contribution in [0.4, 0.5) is 0 Å². The van der Waals surface area contributed by atoms with Crippen LogP contribution in [-0.4, -0.2) is 42.4 Å². The van der Waals surface area contributed by atoms with Crippen LogP contribution < -0.4 is 0 Å². The monoisotopic (exact) mass is 276 g/mol. The standard InChI is InChI=1S/C17H28N2O/c1-6-19(7-2)13-17(20)18(5)12-15-8-10-16(11-9-15)14(3)4/h8-11,14H,6-7,12-13H2,1-5H3. The minimum absolute atomic E-state index is 0.182. The van der Waals surface area contributed by atoms with Crippen LogP contribution in [0.25, 0.3) is 0 Å². The molecular formula is C17H28N2O. The highest BCUT2D eigenvalue weighted by atomic mass is 16.2. The van der Waals surface area contributed by atoms with Crippen molar-refractivity contribution in [3.05, 3.63) is 35.4 Å². The van der Waals surface area contributed by atoms with Crippen molar-refractivity contribution in [1.29, 1.82) is 0 Å². The minimum atomic E-state index is 0.182. The molecule has 0 aliphatic heterocycles. The number of hydrogen-bond acceptors (Lipinski definition) is 2. The first-order valence-electron chi connectivity index (χ1n) is 7.53. The smallest absolute Gasteiger partial charge is 0.236 e. The average molecular weight is 276 g/mol. The van der Waals surface area contributed by atoms with Crippen molar-refractivity contribution in [3.8, 4) is 0 Å². The SMILES string of the molecule is CCN(CC)CC(=O)N(C)Cc1ccc(C(C)C)cc1. The van der Waals surface area contributed by atoms with Gasteiger partial charge >= 0.3 is 0 Å². The van der Waals surface area contributed by atoms with Crippen molar-refractivity contribution in [3.63, 3.8) is 0 Å². The van der Waals surface area contributed by atoms with Crippen molar-refractivity contribution in [2.75, 3.05) is 26.7 Å². The lowest BCUT2D eigenvalue weighted by atomic mass is 10.0. The molecule has 0 aliphatic rings. The Bertz CT molecular complexity index is 408. The molecule has 0 bridgehead atoms. The van der Waals surface area contributed by atoms with Gasteiger partial charge in [-0.1, -0.05) is 52.0 Å². The lowest BCUT2D eigenvalue weighted by molar-refractivity contribution is -0.131. The summed E-state index contributed by atoms with van der Waals surface area (Å²) in [6.45, 7) is 11.6. The number of likely N-dealkylation sites (N-methyl/N-ethyl adjacent to an activating group) is 2. The zero-order valence-electron chi connectivity index (χ0n) is 13.5. The molecule has 20 heavy (non-hydrogen) atoms. The lowest BCUT2D eigenvalue weighted by Crippen LogP contribution is -2.37. The van der Waals surface area contributed by atoms with Gasteiger partial charge in [-0.25, -0.2) is 0 Å². The van der Waals surface area contributed by atoms with Gasteiger partial charge in [0, 0.05) is 13.6 Å². The number of benzene rings is 1. The zero-order chi connectivity index (χ0) is 15.1. The van der Waals surface area contributed by atoms with Crippen LogP contribution in [0.15, 0.2) is 24.3 Å². The number of hydrogen-bond donors (Lipinski definition) is 0. The highest BCUT2D eigenvalue weighted by Crippen LogP contribution is 2.15. The second-order valence-corrected chi connectivity index (χ2v) is 5.61. The highest BCUT2D eigenvalue weighted by molar-refractivity contribution is 5.78. The molecule has 0 saturated carbocycles. The third kappa shape index (κ3) is 4.97. The summed E-state index contributed by atoms with van der Waals surface area (Å²) in [5.74, 6) is 0.729. The molecule has 0 aliphatic carbocycles. The molecule has 1 amide bonds. The van der Waals surface area contributed by atoms with Crippen molar-refractivity contribution >= 4 is 5.91 Å². The molecule has 0 spiro atoms. The summed E-state index contributed by atoms with van der Waals surface area (Å²) < 4.78 is 0. The van der Waals surface area contributed by atoms with E-state index in [2.05, 4.69) is 56.9 Å². The van der Waals surface area contributed by atoms with Crippen LogP contribution in [0.2, 0.25) is 0 Å². The molecule has 0 heterocycles. The van der Waals surface area contributed by atoms with Gasteiger partial charge in [-0.05, 0) is 30.1 Å². The molecular weight excluding hydrogens is 248 g/mol. The molecule has 1 aromatic carbocycles. The molecule has 112 valence electrons. The Morgan fingerprint density at radius 3 is 2.10 bits per heavy atom. The zero-order valence-corrected chi connectivity index (χ0v) is 13.5. The Labute approximate surface area is 123 Å². The van der Waals surface area contributed by atoms with Crippen LogP contribution in [0.1, 0.15) is 44.7 Å². The van der Waals surface area contributed by atoms with E-state index in [-0.39, 0.29) is 5.91 Å². The van der Waals surface area contributed by atoms with Gasteiger partial charge in [0.2, 0.25) is 5.91 Å². The number of carbonyl (C=O) groups excluding carboxylic acids is 1. The maximum Gasteiger partial charge on any atom is 0.236 e. The van der Waals surface area contributed by atoms with Crippen molar-refractivity contribution < 1.29 is 4.79 Å². The van der Waals surface area contributed by atoms with Gasteiger partial charge in [-0.2, -0.15) is 0 Å². The number of carbonyl (C=O) groups is 1. The molecule has 0 unspecified atom stereocenters. The van der Waals surface area contributed by atoms with Crippen molar-refractivity contribution in [2.24, 2.45) is 0 Å².